The van der Waals surface area contributed by atoms with Crippen LogP contribution in [0.25, 0.3) is 0 Å². The van der Waals surface area contributed by atoms with Crippen LogP contribution in [-0.2, 0) is 11.3 Å². The Morgan fingerprint density at radius 2 is 2.00 bits per heavy atom. The molecule has 2 aliphatic heterocycles. The quantitative estimate of drug-likeness (QED) is 0.859. The van der Waals surface area contributed by atoms with E-state index in [-0.39, 0.29) is 17.8 Å². The first kappa shape index (κ1) is 18.7. The molecular formula is C22H25FN2O3. The van der Waals surface area contributed by atoms with E-state index in [0.29, 0.717) is 31.9 Å². The number of carbonyl (C=O) groups is 1. The maximum atomic E-state index is 13.7. The summed E-state index contributed by atoms with van der Waals surface area (Å²) in [6.45, 7) is 4.40. The molecule has 1 saturated heterocycles. The van der Waals surface area contributed by atoms with E-state index in [4.69, 9.17) is 9.47 Å². The number of hydrogen-bond donors (Lipinski definition) is 1. The van der Waals surface area contributed by atoms with Crippen molar-refractivity contribution in [2.24, 2.45) is 0 Å². The van der Waals surface area contributed by atoms with Crippen molar-refractivity contribution in [1.82, 2.24) is 10.2 Å². The number of nitrogens with zero attached hydrogens (tertiary/aromatic N) is 1. The van der Waals surface area contributed by atoms with Gasteiger partial charge in [-0.05, 0) is 61.2 Å². The molecule has 5 nitrogen and oxygen atoms in total. The maximum absolute atomic E-state index is 13.7. The highest BCUT2D eigenvalue weighted by molar-refractivity contribution is 5.78. The molecule has 0 saturated carbocycles. The molecule has 2 aromatic rings. The Bertz CT molecular complexity index is 871. The number of amides is 1. The van der Waals surface area contributed by atoms with Crippen LogP contribution in [0.3, 0.4) is 0 Å². The third-order valence-electron chi connectivity index (χ3n) is 5.39. The van der Waals surface area contributed by atoms with Gasteiger partial charge in [0.25, 0.3) is 0 Å². The summed E-state index contributed by atoms with van der Waals surface area (Å²) in [5.41, 5.74) is 2.52. The summed E-state index contributed by atoms with van der Waals surface area (Å²) >= 11 is 0. The Labute approximate surface area is 164 Å². The largest absolute Gasteiger partial charge is 0.486 e. The van der Waals surface area contributed by atoms with Crippen LogP contribution < -0.4 is 14.8 Å². The van der Waals surface area contributed by atoms with Crippen molar-refractivity contribution in [3.05, 3.63) is 58.9 Å². The Morgan fingerprint density at radius 3 is 2.82 bits per heavy atom. The summed E-state index contributed by atoms with van der Waals surface area (Å²) < 4.78 is 24.9. The van der Waals surface area contributed by atoms with Crippen LogP contribution in [0, 0.1) is 12.7 Å². The monoisotopic (exact) mass is 384 g/mol. The van der Waals surface area contributed by atoms with E-state index >= 15 is 0 Å². The fourth-order valence-corrected chi connectivity index (χ4v) is 3.85. The molecule has 0 aromatic heterocycles. The lowest BCUT2D eigenvalue weighted by Crippen LogP contribution is -2.36. The number of nitrogens with one attached hydrogen (secondary N) is 1. The van der Waals surface area contributed by atoms with Crippen molar-refractivity contribution in [2.75, 3.05) is 26.3 Å². The summed E-state index contributed by atoms with van der Waals surface area (Å²) in [5.74, 6) is 1.26. The molecule has 0 radical (unpaired) electrons. The third-order valence-corrected chi connectivity index (χ3v) is 5.39. The topological polar surface area (TPSA) is 50.8 Å². The lowest BCUT2D eigenvalue weighted by molar-refractivity contribution is -0.122. The van der Waals surface area contributed by atoms with Gasteiger partial charge < -0.3 is 14.8 Å². The summed E-state index contributed by atoms with van der Waals surface area (Å²) in [4.78, 5) is 14.6. The predicted octanol–water partition coefficient (Wildman–Crippen LogP) is 3.36. The van der Waals surface area contributed by atoms with Crippen LogP contribution in [0.15, 0.2) is 36.4 Å². The average Bonchev–Trinajstić information content (AvgIpc) is 3.16. The van der Waals surface area contributed by atoms with Crippen LogP contribution in [0.1, 0.15) is 35.6 Å². The van der Waals surface area contributed by atoms with Gasteiger partial charge in [-0.2, -0.15) is 0 Å². The number of carbonyl (C=O) groups excluding carboxylic acids is 1. The van der Waals surface area contributed by atoms with E-state index in [1.165, 1.54) is 6.07 Å². The highest BCUT2D eigenvalue weighted by Crippen LogP contribution is 2.37. The summed E-state index contributed by atoms with van der Waals surface area (Å²) in [6, 6.07) is 11.3. The van der Waals surface area contributed by atoms with Crippen LogP contribution in [0.5, 0.6) is 11.5 Å². The predicted molar refractivity (Wildman–Crippen MR) is 104 cm³/mol. The van der Waals surface area contributed by atoms with E-state index in [2.05, 4.69) is 16.3 Å². The van der Waals surface area contributed by atoms with E-state index in [9.17, 15) is 9.18 Å². The molecule has 148 valence electrons. The first-order chi connectivity index (χ1) is 13.6. The molecule has 2 aliphatic rings. The van der Waals surface area contributed by atoms with Gasteiger partial charge in [-0.15, -0.1) is 0 Å². The van der Waals surface area contributed by atoms with Gasteiger partial charge in [-0.1, -0.05) is 18.2 Å². The van der Waals surface area contributed by atoms with Gasteiger partial charge in [0.1, 0.15) is 19.0 Å². The second kappa shape index (κ2) is 8.19. The molecule has 1 atom stereocenters. The van der Waals surface area contributed by atoms with Crippen molar-refractivity contribution >= 4 is 5.91 Å². The lowest BCUT2D eigenvalue weighted by atomic mass is 10.0. The van der Waals surface area contributed by atoms with Crippen molar-refractivity contribution in [3.63, 3.8) is 0 Å². The molecule has 0 unspecified atom stereocenters. The molecule has 2 aromatic carbocycles. The maximum Gasteiger partial charge on any atom is 0.234 e. The Balaban J connectivity index is 1.37. The fraction of sp³-hybridized carbons (Fsp3) is 0.409. The highest BCUT2D eigenvalue weighted by atomic mass is 19.1. The van der Waals surface area contributed by atoms with E-state index in [1.807, 2.05) is 18.2 Å². The number of aryl methyl sites for hydroxylation is 1. The van der Waals surface area contributed by atoms with Gasteiger partial charge >= 0.3 is 0 Å². The summed E-state index contributed by atoms with van der Waals surface area (Å²) in [5, 5.41) is 2.90. The van der Waals surface area contributed by atoms with E-state index in [1.54, 1.807) is 13.0 Å². The van der Waals surface area contributed by atoms with Crippen molar-refractivity contribution in [2.45, 2.75) is 32.4 Å². The standard InChI is InChI=1S/C22H25FN2O3/c1-15-4-5-16(11-18(15)23)13-24-22(26)14-25-8-2-3-19(25)17-6-7-20-21(12-17)28-10-9-27-20/h4-7,11-12,19H,2-3,8-10,13-14H2,1H3,(H,24,26)/t19-/m1/s1. The molecule has 4 rings (SSSR count). The number of likely N-dealkylation sites (tertiary alicyclic amines) is 1. The number of fused-ring (bicyclic) bond motifs is 1. The SMILES string of the molecule is Cc1ccc(CNC(=O)CN2CCC[C@@H]2c2ccc3c(c2)OCCO3)cc1F. The van der Waals surface area contributed by atoms with Crippen molar-refractivity contribution < 1.29 is 18.7 Å². The van der Waals surface area contributed by atoms with Gasteiger partial charge in [-0.3, -0.25) is 9.69 Å². The van der Waals surface area contributed by atoms with Crippen molar-refractivity contribution in [1.29, 1.82) is 0 Å². The lowest BCUT2D eigenvalue weighted by Gasteiger charge is -2.26. The second-order valence-electron chi connectivity index (χ2n) is 7.39. The molecule has 1 amide bonds. The first-order valence-corrected chi connectivity index (χ1v) is 9.75. The molecular weight excluding hydrogens is 359 g/mol. The zero-order valence-corrected chi connectivity index (χ0v) is 16.0. The molecule has 0 aliphatic carbocycles. The summed E-state index contributed by atoms with van der Waals surface area (Å²) in [7, 11) is 0. The van der Waals surface area contributed by atoms with E-state index < -0.39 is 0 Å². The van der Waals surface area contributed by atoms with Gasteiger partial charge in [0.05, 0.1) is 6.54 Å². The van der Waals surface area contributed by atoms with Gasteiger partial charge in [-0.25, -0.2) is 4.39 Å². The Hall–Kier alpha value is -2.60. The molecule has 0 bridgehead atoms. The number of hydrogen-bond acceptors (Lipinski definition) is 4. The Morgan fingerprint density at radius 1 is 1.18 bits per heavy atom. The second-order valence-corrected chi connectivity index (χ2v) is 7.39. The van der Waals surface area contributed by atoms with Gasteiger partial charge in [0, 0.05) is 12.6 Å². The number of rotatable bonds is 5. The number of benzene rings is 2. The van der Waals surface area contributed by atoms with Gasteiger partial charge in [0.2, 0.25) is 5.91 Å². The zero-order valence-electron chi connectivity index (χ0n) is 16.0. The fourth-order valence-electron chi connectivity index (χ4n) is 3.85. The minimum atomic E-state index is -0.245. The average molecular weight is 384 g/mol. The number of ether oxygens (including phenoxy) is 2. The minimum Gasteiger partial charge on any atom is -0.486 e. The van der Waals surface area contributed by atoms with Crippen LogP contribution in [0.4, 0.5) is 4.39 Å². The molecule has 6 heteroatoms. The van der Waals surface area contributed by atoms with E-state index in [0.717, 1.165) is 42.0 Å². The molecule has 1 fully saturated rings. The van der Waals surface area contributed by atoms with Gasteiger partial charge in [0.15, 0.2) is 11.5 Å². The number of halogens is 1. The Kier molecular flexibility index (Phi) is 5.48. The molecule has 0 spiro atoms. The van der Waals surface area contributed by atoms with Crippen molar-refractivity contribution in [3.8, 4) is 11.5 Å². The molecule has 1 N–H and O–H groups in total. The van der Waals surface area contributed by atoms with Crippen LogP contribution >= 0.6 is 0 Å². The minimum absolute atomic E-state index is 0.0505. The third kappa shape index (κ3) is 4.12. The first-order valence-electron chi connectivity index (χ1n) is 9.75. The summed E-state index contributed by atoms with van der Waals surface area (Å²) in [6.07, 6.45) is 2.06. The smallest absolute Gasteiger partial charge is 0.234 e. The highest BCUT2D eigenvalue weighted by Gasteiger charge is 2.28. The normalized spacial score (nSPS) is 18.9. The zero-order chi connectivity index (χ0) is 19.5. The molecule has 28 heavy (non-hydrogen) atoms. The van der Waals surface area contributed by atoms with Crippen LogP contribution in [0.2, 0.25) is 0 Å². The molecule has 2 heterocycles. The van der Waals surface area contributed by atoms with Crippen LogP contribution in [-0.4, -0.2) is 37.1 Å².